The molecule has 0 aliphatic heterocycles. The Balaban J connectivity index is 1.61. The van der Waals surface area contributed by atoms with E-state index in [9.17, 15) is 18.0 Å². The molecule has 11 heteroatoms. The van der Waals surface area contributed by atoms with Crippen molar-refractivity contribution in [1.29, 1.82) is 0 Å². The molecule has 3 rings (SSSR count). The number of rotatable bonds is 7. The number of ether oxygens (including phenoxy) is 1. The quantitative estimate of drug-likeness (QED) is 0.406. The van der Waals surface area contributed by atoms with Gasteiger partial charge in [-0.3, -0.25) is 4.79 Å². The van der Waals surface area contributed by atoms with E-state index in [1.54, 1.807) is 11.6 Å². The second kappa shape index (κ2) is 10.0. The zero-order valence-electron chi connectivity index (χ0n) is 18.3. The number of nitrogens with zero attached hydrogens (tertiary/aromatic N) is 3. The Morgan fingerprint density at radius 1 is 1.21 bits per heavy atom. The number of aryl methyl sites for hydroxylation is 2. The van der Waals surface area contributed by atoms with Crippen LogP contribution in [0.25, 0.3) is 0 Å². The van der Waals surface area contributed by atoms with Crippen LogP contribution in [-0.2, 0) is 18.0 Å². The topological polar surface area (TPSA) is 69.0 Å². The lowest BCUT2D eigenvalue weighted by Gasteiger charge is -2.16. The molecule has 0 radical (unpaired) electrons. The highest BCUT2D eigenvalue weighted by molar-refractivity contribution is 7.99. The number of hydrogen-bond donors (Lipinski definition) is 1. The van der Waals surface area contributed by atoms with E-state index in [1.165, 1.54) is 12.1 Å². The van der Waals surface area contributed by atoms with Gasteiger partial charge in [0.05, 0.1) is 11.3 Å². The fourth-order valence-electron chi connectivity index (χ4n) is 3.14. The van der Waals surface area contributed by atoms with Crippen LogP contribution in [0.2, 0.25) is 5.02 Å². The Morgan fingerprint density at radius 2 is 1.88 bits per heavy atom. The lowest BCUT2D eigenvalue weighted by molar-refractivity contribution is -0.137. The molecular formula is C22H22ClF3N4O2S. The third-order valence-corrected chi connectivity index (χ3v) is 6.38. The zero-order chi connectivity index (χ0) is 24.3. The van der Waals surface area contributed by atoms with Gasteiger partial charge < -0.3 is 14.6 Å². The maximum atomic E-state index is 12.8. The zero-order valence-corrected chi connectivity index (χ0v) is 19.9. The van der Waals surface area contributed by atoms with Crippen LogP contribution in [0.15, 0.2) is 41.6 Å². The molecule has 1 unspecified atom stereocenters. The van der Waals surface area contributed by atoms with Crippen LogP contribution in [0.3, 0.4) is 0 Å². The number of carbonyl (C=O) groups excluding carboxylic acids is 1. The highest BCUT2D eigenvalue weighted by Gasteiger charge is 2.30. The van der Waals surface area contributed by atoms with Gasteiger partial charge in [0.2, 0.25) is 5.91 Å². The van der Waals surface area contributed by atoms with E-state index >= 15 is 0 Å². The normalized spacial score (nSPS) is 12.5. The fourth-order valence-corrected chi connectivity index (χ4v) is 3.96. The van der Waals surface area contributed by atoms with Gasteiger partial charge in [-0.1, -0.05) is 29.4 Å². The molecule has 1 aromatic heterocycles. The summed E-state index contributed by atoms with van der Waals surface area (Å²) in [5.74, 6) is 0.702. The smallest absolute Gasteiger partial charge is 0.416 e. The molecule has 176 valence electrons. The molecule has 0 spiro atoms. The largest absolute Gasteiger partial charge is 0.483 e. The second-order valence-electron chi connectivity index (χ2n) is 7.45. The molecule has 1 heterocycles. The summed E-state index contributed by atoms with van der Waals surface area (Å²) in [7, 11) is 1.75. The number of thioether (sulfide) groups is 1. The molecule has 1 atom stereocenters. The number of aromatic nitrogens is 3. The predicted octanol–water partition coefficient (Wildman–Crippen LogP) is 5.97. The summed E-state index contributed by atoms with van der Waals surface area (Å²) in [5.41, 5.74) is 1.05. The molecule has 0 saturated carbocycles. The highest BCUT2D eigenvalue weighted by atomic mass is 35.5. The van der Waals surface area contributed by atoms with E-state index in [2.05, 4.69) is 15.5 Å². The third-order valence-electron chi connectivity index (χ3n) is 4.76. The first-order chi connectivity index (χ1) is 15.5. The third kappa shape index (κ3) is 6.20. The van der Waals surface area contributed by atoms with Gasteiger partial charge in [0.1, 0.15) is 5.75 Å². The van der Waals surface area contributed by atoms with E-state index in [4.69, 9.17) is 16.3 Å². The first kappa shape index (κ1) is 24.9. The van der Waals surface area contributed by atoms with Crippen molar-refractivity contribution in [1.82, 2.24) is 14.8 Å². The van der Waals surface area contributed by atoms with Crippen LogP contribution in [0.4, 0.5) is 18.9 Å². The summed E-state index contributed by atoms with van der Waals surface area (Å²) in [6.45, 7) is 5.63. The van der Waals surface area contributed by atoms with Crippen LogP contribution < -0.4 is 10.1 Å². The Hall–Kier alpha value is -2.72. The number of benzene rings is 2. The van der Waals surface area contributed by atoms with Gasteiger partial charge in [0.25, 0.3) is 0 Å². The van der Waals surface area contributed by atoms with Gasteiger partial charge in [0.15, 0.2) is 17.1 Å². The number of nitrogens with one attached hydrogen (secondary N) is 1. The number of carbonyl (C=O) groups is 1. The molecule has 0 bridgehead atoms. The van der Waals surface area contributed by atoms with Crippen molar-refractivity contribution in [2.75, 3.05) is 11.1 Å². The van der Waals surface area contributed by atoms with Crippen molar-refractivity contribution < 1.29 is 22.7 Å². The Kier molecular flexibility index (Phi) is 7.58. The van der Waals surface area contributed by atoms with Crippen molar-refractivity contribution >= 4 is 35.0 Å². The number of alkyl halides is 3. The van der Waals surface area contributed by atoms with Crippen molar-refractivity contribution in [3.05, 3.63) is 63.9 Å². The first-order valence-corrected chi connectivity index (χ1v) is 11.2. The predicted molar refractivity (Wildman–Crippen MR) is 122 cm³/mol. The van der Waals surface area contributed by atoms with Gasteiger partial charge in [-0.05, 0) is 62.2 Å². The molecule has 2 aromatic carbocycles. The summed E-state index contributed by atoms with van der Waals surface area (Å²) in [5, 5.41) is 11.9. The summed E-state index contributed by atoms with van der Waals surface area (Å²) in [6.07, 6.45) is -4.90. The molecule has 1 N–H and O–H groups in total. The Morgan fingerprint density at radius 3 is 2.52 bits per heavy atom. The van der Waals surface area contributed by atoms with E-state index in [0.29, 0.717) is 21.8 Å². The van der Waals surface area contributed by atoms with E-state index in [0.717, 1.165) is 35.0 Å². The van der Waals surface area contributed by atoms with Gasteiger partial charge in [-0.15, -0.1) is 10.2 Å². The second-order valence-corrected chi connectivity index (χ2v) is 8.77. The van der Waals surface area contributed by atoms with E-state index in [-0.39, 0.29) is 11.4 Å². The van der Waals surface area contributed by atoms with Crippen LogP contribution in [0.1, 0.15) is 35.5 Å². The summed E-state index contributed by atoms with van der Waals surface area (Å²) < 4.78 is 46.2. The minimum absolute atomic E-state index is 0.0486. The van der Waals surface area contributed by atoms with Gasteiger partial charge in [-0.2, -0.15) is 13.2 Å². The molecule has 0 aliphatic rings. The van der Waals surface area contributed by atoms with Gasteiger partial charge in [-0.25, -0.2) is 0 Å². The minimum Gasteiger partial charge on any atom is -0.483 e. The fraction of sp³-hybridized carbons (Fsp3) is 0.318. The molecule has 0 fully saturated rings. The molecule has 3 aromatic rings. The van der Waals surface area contributed by atoms with Gasteiger partial charge >= 0.3 is 6.18 Å². The molecule has 0 aliphatic carbocycles. The standard InChI is InChI=1S/C22H22ClF3N4O2S/c1-12-8-17(9-13(2)19(12)23)32-14(3)20-28-29-21(30(20)4)33-11-18(31)27-16-7-5-6-15(10-16)22(24,25)26/h5-10,14H,11H2,1-4H3,(H,27,31). The number of halogens is 4. The number of anilines is 1. The molecule has 33 heavy (non-hydrogen) atoms. The van der Waals surface area contributed by atoms with Crippen LogP contribution in [-0.4, -0.2) is 26.4 Å². The monoisotopic (exact) mass is 498 g/mol. The summed E-state index contributed by atoms with van der Waals surface area (Å²) in [6, 6.07) is 8.17. The van der Waals surface area contributed by atoms with Crippen molar-refractivity contribution in [2.24, 2.45) is 7.05 Å². The molecular weight excluding hydrogens is 477 g/mol. The summed E-state index contributed by atoms with van der Waals surface area (Å²) in [4.78, 5) is 12.2. The van der Waals surface area contributed by atoms with Crippen LogP contribution in [0.5, 0.6) is 5.75 Å². The van der Waals surface area contributed by atoms with Gasteiger partial charge in [0, 0.05) is 17.8 Å². The van der Waals surface area contributed by atoms with Crippen molar-refractivity contribution in [2.45, 2.75) is 38.2 Å². The van der Waals surface area contributed by atoms with Crippen molar-refractivity contribution in [3.63, 3.8) is 0 Å². The molecule has 0 saturated heterocycles. The average Bonchev–Trinajstić information content (AvgIpc) is 3.10. The van der Waals surface area contributed by atoms with Crippen LogP contribution in [0, 0.1) is 13.8 Å². The highest BCUT2D eigenvalue weighted by Crippen LogP contribution is 2.31. The summed E-state index contributed by atoms with van der Waals surface area (Å²) >= 11 is 7.32. The minimum atomic E-state index is -4.48. The maximum absolute atomic E-state index is 12.8. The lowest BCUT2D eigenvalue weighted by Crippen LogP contribution is -2.15. The maximum Gasteiger partial charge on any atom is 0.416 e. The Labute approximate surface area is 198 Å². The number of hydrogen-bond acceptors (Lipinski definition) is 5. The number of amides is 1. The Bertz CT molecular complexity index is 1140. The van der Waals surface area contributed by atoms with Crippen molar-refractivity contribution in [3.8, 4) is 5.75 Å². The average molecular weight is 499 g/mol. The SMILES string of the molecule is Cc1cc(OC(C)c2nnc(SCC(=O)Nc3cccc(C(F)(F)F)c3)n2C)cc(C)c1Cl. The molecule has 1 amide bonds. The first-order valence-electron chi connectivity index (χ1n) is 9.88. The van der Waals surface area contributed by atoms with E-state index < -0.39 is 23.8 Å². The lowest BCUT2D eigenvalue weighted by atomic mass is 10.1. The van der Waals surface area contributed by atoms with Crippen LogP contribution >= 0.6 is 23.4 Å². The molecule has 6 nitrogen and oxygen atoms in total. The van der Waals surface area contributed by atoms with E-state index in [1.807, 2.05) is 32.9 Å².